The van der Waals surface area contributed by atoms with E-state index in [2.05, 4.69) is 15.3 Å². The largest absolute Gasteiger partial charge is 0.394 e. The fourth-order valence-electron chi connectivity index (χ4n) is 1.82. The third-order valence-electron chi connectivity index (χ3n) is 3.35. The highest BCUT2D eigenvalue weighted by atomic mass is 16.5. The van der Waals surface area contributed by atoms with Gasteiger partial charge in [0.2, 0.25) is 0 Å². The van der Waals surface area contributed by atoms with Crippen LogP contribution in [0.5, 0.6) is 0 Å². The van der Waals surface area contributed by atoms with Gasteiger partial charge in [-0.05, 0) is 5.53 Å². The van der Waals surface area contributed by atoms with Crippen LogP contribution in [0, 0.1) is 0 Å². The SMILES string of the molecule is [N-]=[N+]=NCCOCCOCCOCCNC(O)[C@H](O)[C@@H](O)[C@H](O)[C@H](O)CO. The van der Waals surface area contributed by atoms with E-state index in [-0.39, 0.29) is 19.7 Å². The van der Waals surface area contributed by atoms with Crippen molar-refractivity contribution in [2.75, 3.05) is 59.3 Å². The van der Waals surface area contributed by atoms with Crippen LogP contribution in [0.3, 0.4) is 0 Å². The van der Waals surface area contributed by atoms with Gasteiger partial charge in [0.05, 0.1) is 46.2 Å². The summed E-state index contributed by atoms with van der Waals surface area (Å²) >= 11 is 0. The minimum atomic E-state index is -1.85. The van der Waals surface area contributed by atoms with Crippen molar-refractivity contribution >= 4 is 0 Å². The third kappa shape index (κ3) is 12.8. The number of hydrogen-bond donors (Lipinski definition) is 7. The lowest BCUT2D eigenvalue weighted by Gasteiger charge is -2.28. The molecule has 0 spiro atoms. The summed E-state index contributed by atoms with van der Waals surface area (Å²) in [6.45, 7) is 1.48. The van der Waals surface area contributed by atoms with Crippen molar-refractivity contribution in [2.24, 2.45) is 5.11 Å². The van der Waals surface area contributed by atoms with Crippen LogP contribution in [0.4, 0.5) is 0 Å². The topological polar surface area (TPSA) is 210 Å². The molecule has 0 aromatic heterocycles. The van der Waals surface area contributed by atoms with Crippen LogP contribution in [-0.4, -0.2) is 121 Å². The molecule has 0 aromatic carbocycles. The smallest absolute Gasteiger partial charge is 0.133 e. The molecule has 7 N–H and O–H groups in total. The Morgan fingerprint density at radius 1 is 0.815 bits per heavy atom. The molecule has 0 heterocycles. The van der Waals surface area contributed by atoms with Gasteiger partial charge in [0.15, 0.2) is 0 Å². The molecular weight excluding hydrogens is 368 g/mol. The van der Waals surface area contributed by atoms with Crippen LogP contribution in [0.1, 0.15) is 0 Å². The van der Waals surface area contributed by atoms with Gasteiger partial charge in [0.1, 0.15) is 30.6 Å². The number of nitrogens with zero attached hydrogens (tertiary/aromatic N) is 3. The highest BCUT2D eigenvalue weighted by Crippen LogP contribution is 2.07. The summed E-state index contributed by atoms with van der Waals surface area (Å²) < 4.78 is 15.6. The van der Waals surface area contributed by atoms with E-state index < -0.39 is 37.3 Å². The number of aliphatic hydroxyl groups excluding tert-OH is 6. The van der Waals surface area contributed by atoms with E-state index >= 15 is 0 Å². The zero-order valence-corrected chi connectivity index (χ0v) is 15.0. The average Bonchev–Trinajstić information content (AvgIpc) is 2.68. The summed E-state index contributed by atoms with van der Waals surface area (Å²) in [5.41, 5.74) is 8.06. The Morgan fingerprint density at radius 2 is 1.37 bits per heavy atom. The van der Waals surface area contributed by atoms with Gasteiger partial charge in [-0.1, -0.05) is 5.11 Å². The maximum absolute atomic E-state index is 9.68. The summed E-state index contributed by atoms with van der Waals surface area (Å²) in [5.74, 6) is 0. The van der Waals surface area contributed by atoms with E-state index in [0.717, 1.165) is 0 Å². The Morgan fingerprint density at radius 3 is 1.93 bits per heavy atom. The van der Waals surface area contributed by atoms with Crippen molar-refractivity contribution in [3.8, 4) is 0 Å². The Kier molecular flexibility index (Phi) is 16.4. The van der Waals surface area contributed by atoms with Gasteiger partial charge < -0.3 is 44.8 Å². The number of ether oxygens (including phenoxy) is 3. The van der Waals surface area contributed by atoms with E-state index in [0.29, 0.717) is 33.0 Å². The Bertz CT molecular complexity index is 401. The molecule has 0 bridgehead atoms. The highest BCUT2D eigenvalue weighted by molar-refractivity contribution is 4.83. The van der Waals surface area contributed by atoms with Crippen LogP contribution in [0.25, 0.3) is 10.4 Å². The molecule has 0 amide bonds. The van der Waals surface area contributed by atoms with Gasteiger partial charge in [0, 0.05) is 18.0 Å². The van der Waals surface area contributed by atoms with Crippen molar-refractivity contribution in [1.82, 2.24) is 5.32 Å². The third-order valence-corrected chi connectivity index (χ3v) is 3.35. The molecule has 13 nitrogen and oxygen atoms in total. The second-order valence-corrected chi connectivity index (χ2v) is 5.41. The van der Waals surface area contributed by atoms with Gasteiger partial charge in [-0.3, -0.25) is 5.32 Å². The molecule has 1 unspecified atom stereocenters. The summed E-state index contributed by atoms with van der Waals surface area (Å²) in [4.78, 5) is 2.59. The summed E-state index contributed by atoms with van der Waals surface area (Å²) in [6.07, 6.45) is -8.64. The zero-order valence-electron chi connectivity index (χ0n) is 15.0. The van der Waals surface area contributed by atoms with Gasteiger partial charge >= 0.3 is 0 Å². The number of nitrogens with one attached hydrogen (secondary N) is 1. The lowest BCUT2D eigenvalue weighted by atomic mass is 10.0. The van der Waals surface area contributed by atoms with Gasteiger partial charge in [-0.15, -0.1) is 0 Å². The fraction of sp³-hybridized carbons (Fsp3) is 1.00. The zero-order chi connectivity index (χ0) is 20.5. The van der Waals surface area contributed by atoms with Crippen molar-refractivity contribution in [3.63, 3.8) is 0 Å². The number of rotatable bonds is 18. The van der Waals surface area contributed by atoms with Crippen molar-refractivity contribution in [3.05, 3.63) is 10.4 Å². The summed E-state index contributed by atoms with van der Waals surface area (Å²) in [6, 6.07) is 0. The number of hydrogen-bond acceptors (Lipinski definition) is 11. The second kappa shape index (κ2) is 17.0. The van der Waals surface area contributed by atoms with Crippen molar-refractivity contribution in [1.29, 1.82) is 0 Å². The minimum Gasteiger partial charge on any atom is -0.394 e. The van der Waals surface area contributed by atoms with E-state index in [1.165, 1.54) is 0 Å². The number of azide groups is 1. The molecule has 27 heavy (non-hydrogen) atoms. The molecule has 0 saturated heterocycles. The molecule has 5 atom stereocenters. The fourth-order valence-corrected chi connectivity index (χ4v) is 1.82. The minimum absolute atomic E-state index is 0.145. The van der Waals surface area contributed by atoms with Gasteiger partial charge in [-0.2, -0.15) is 0 Å². The number of aliphatic hydroxyl groups is 6. The lowest BCUT2D eigenvalue weighted by molar-refractivity contribution is -0.145. The normalized spacial score (nSPS) is 17.0. The van der Waals surface area contributed by atoms with Gasteiger partial charge in [0.25, 0.3) is 0 Å². The molecule has 0 aliphatic carbocycles. The molecular formula is C14H30N4O9. The van der Waals surface area contributed by atoms with Crippen LogP contribution in [0.15, 0.2) is 5.11 Å². The predicted octanol–water partition coefficient (Wildman–Crippen LogP) is -3.31. The Labute approximate surface area is 156 Å². The van der Waals surface area contributed by atoms with E-state index in [9.17, 15) is 25.5 Å². The molecule has 0 radical (unpaired) electrons. The summed E-state index contributed by atoms with van der Waals surface area (Å²) in [7, 11) is 0. The molecule has 0 fully saturated rings. The van der Waals surface area contributed by atoms with Crippen LogP contribution >= 0.6 is 0 Å². The standard InChI is InChI=1S/C14H30N4O9/c15-18-17-2-4-26-6-8-27-7-5-25-3-1-16-14(24)13(23)12(22)11(21)10(20)9-19/h10-14,16,19-24H,1-9H2/t10-,11-,12+,13-,14?/m1/s1. The van der Waals surface area contributed by atoms with Crippen molar-refractivity contribution in [2.45, 2.75) is 30.6 Å². The Balaban J connectivity index is 3.59. The molecule has 0 rings (SSSR count). The van der Waals surface area contributed by atoms with E-state index in [1.807, 2.05) is 0 Å². The average molecular weight is 398 g/mol. The quantitative estimate of drug-likeness (QED) is 0.0401. The van der Waals surface area contributed by atoms with Crippen LogP contribution in [-0.2, 0) is 14.2 Å². The maximum atomic E-state index is 9.68. The first-order valence-electron chi connectivity index (χ1n) is 8.44. The first kappa shape index (κ1) is 25.9. The molecule has 0 aliphatic rings. The summed E-state index contributed by atoms with van der Waals surface area (Å²) in [5, 5.41) is 62.1. The first-order valence-corrected chi connectivity index (χ1v) is 8.44. The maximum Gasteiger partial charge on any atom is 0.133 e. The van der Waals surface area contributed by atoms with Crippen LogP contribution in [0.2, 0.25) is 0 Å². The second-order valence-electron chi connectivity index (χ2n) is 5.41. The molecule has 13 heteroatoms. The first-order chi connectivity index (χ1) is 13.0. The predicted molar refractivity (Wildman–Crippen MR) is 91.6 cm³/mol. The van der Waals surface area contributed by atoms with E-state index in [4.69, 9.17) is 24.8 Å². The van der Waals surface area contributed by atoms with E-state index in [1.54, 1.807) is 0 Å². The molecule has 0 aromatic rings. The Hall–Kier alpha value is -1.09. The van der Waals surface area contributed by atoms with Crippen LogP contribution < -0.4 is 5.32 Å². The lowest BCUT2D eigenvalue weighted by Crippen LogP contribution is -2.54. The van der Waals surface area contributed by atoms with Crippen molar-refractivity contribution < 1.29 is 44.8 Å². The molecule has 0 saturated carbocycles. The monoisotopic (exact) mass is 398 g/mol. The highest BCUT2D eigenvalue weighted by Gasteiger charge is 2.33. The van der Waals surface area contributed by atoms with Gasteiger partial charge in [-0.25, -0.2) is 0 Å². The molecule has 0 aliphatic heterocycles. The molecule has 160 valence electrons.